The molecule has 0 unspecified atom stereocenters. The average Bonchev–Trinajstić information content (AvgIpc) is 2.08. The largest absolute Gasteiger partial charge is 0.478 e. The van der Waals surface area contributed by atoms with Gasteiger partial charge in [0, 0.05) is 10.2 Å². The van der Waals surface area contributed by atoms with Crippen molar-refractivity contribution in [1.29, 1.82) is 5.26 Å². The number of anilines is 1. The van der Waals surface area contributed by atoms with Gasteiger partial charge in [0.15, 0.2) is 0 Å². The molecule has 0 spiro atoms. The summed E-state index contributed by atoms with van der Waals surface area (Å²) in [6.07, 6.45) is 0. The van der Waals surface area contributed by atoms with Crippen molar-refractivity contribution in [3.8, 4) is 6.07 Å². The monoisotopic (exact) mass is 240 g/mol. The van der Waals surface area contributed by atoms with E-state index in [1.807, 2.05) is 6.07 Å². The highest BCUT2D eigenvalue weighted by atomic mass is 79.9. The highest BCUT2D eigenvalue weighted by Crippen LogP contribution is 2.24. The molecular formula is C8H5BrN2O2. The molecule has 0 aromatic heterocycles. The van der Waals surface area contributed by atoms with Gasteiger partial charge in [-0.05, 0) is 28.1 Å². The Morgan fingerprint density at radius 1 is 1.62 bits per heavy atom. The summed E-state index contributed by atoms with van der Waals surface area (Å²) in [5.74, 6) is -1.12. The van der Waals surface area contributed by atoms with Gasteiger partial charge < -0.3 is 10.8 Å². The Balaban J connectivity index is 3.47. The van der Waals surface area contributed by atoms with Crippen LogP contribution in [0.1, 0.15) is 15.9 Å². The molecule has 0 saturated carbocycles. The quantitative estimate of drug-likeness (QED) is 0.731. The standard InChI is InChI=1S/C8H5BrN2O2/c9-7-4(3-10)1-5(11)2-6(7)8(12)13/h1-2H,11H2,(H,12,13). The number of benzene rings is 1. The maximum atomic E-state index is 10.6. The van der Waals surface area contributed by atoms with Crippen LogP contribution >= 0.6 is 15.9 Å². The predicted molar refractivity (Wildman–Crippen MR) is 50.2 cm³/mol. The normalized spacial score (nSPS) is 9.23. The molecule has 1 aromatic carbocycles. The first-order chi connectivity index (χ1) is 6.06. The zero-order chi connectivity index (χ0) is 10.0. The first-order valence-corrected chi connectivity index (χ1v) is 4.08. The second kappa shape index (κ2) is 3.46. The summed E-state index contributed by atoms with van der Waals surface area (Å²) in [6.45, 7) is 0. The van der Waals surface area contributed by atoms with Gasteiger partial charge in [0.05, 0.1) is 11.1 Å². The Morgan fingerprint density at radius 2 is 2.23 bits per heavy atom. The summed E-state index contributed by atoms with van der Waals surface area (Å²) in [5, 5.41) is 17.3. The minimum Gasteiger partial charge on any atom is -0.478 e. The number of nitrogens with two attached hydrogens (primary N) is 1. The van der Waals surface area contributed by atoms with E-state index >= 15 is 0 Å². The van der Waals surface area contributed by atoms with E-state index in [0.29, 0.717) is 0 Å². The molecule has 1 aromatic rings. The SMILES string of the molecule is N#Cc1cc(N)cc(C(=O)O)c1Br. The maximum absolute atomic E-state index is 10.6. The van der Waals surface area contributed by atoms with Crippen LogP contribution in [0.25, 0.3) is 0 Å². The average molecular weight is 241 g/mol. The molecule has 5 heteroatoms. The van der Waals surface area contributed by atoms with Crippen LogP contribution in [-0.2, 0) is 0 Å². The number of carboxylic acid groups (broad SMARTS) is 1. The summed E-state index contributed by atoms with van der Waals surface area (Å²) in [5.41, 5.74) is 5.88. The van der Waals surface area contributed by atoms with Gasteiger partial charge in [0.2, 0.25) is 0 Å². The molecule has 0 amide bonds. The van der Waals surface area contributed by atoms with Gasteiger partial charge in [0.1, 0.15) is 6.07 Å². The molecule has 0 bridgehead atoms. The van der Waals surface area contributed by atoms with E-state index in [1.54, 1.807) is 0 Å². The molecule has 0 atom stereocenters. The smallest absolute Gasteiger partial charge is 0.336 e. The van der Waals surface area contributed by atoms with Crippen LogP contribution < -0.4 is 5.73 Å². The van der Waals surface area contributed by atoms with Crippen LogP contribution in [-0.4, -0.2) is 11.1 Å². The first-order valence-electron chi connectivity index (χ1n) is 3.28. The van der Waals surface area contributed by atoms with E-state index < -0.39 is 5.97 Å². The van der Waals surface area contributed by atoms with Gasteiger partial charge in [0.25, 0.3) is 0 Å². The highest BCUT2D eigenvalue weighted by molar-refractivity contribution is 9.10. The van der Waals surface area contributed by atoms with Gasteiger partial charge in [-0.2, -0.15) is 5.26 Å². The van der Waals surface area contributed by atoms with Crippen molar-refractivity contribution in [3.05, 3.63) is 27.7 Å². The number of halogens is 1. The molecule has 1 rings (SSSR count). The van der Waals surface area contributed by atoms with E-state index in [2.05, 4.69) is 15.9 Å². The molecule has 0 saturated heterocycles. The predicted octanol–water partition coefficient (Wildman–Crippen LogP) is 1.60. The Morgan fingerprint density at radius 3 is 2.69 bits per heavy atom. The lowest BCUT2D eigenvalue weighted by Gasteiger charge is -2.02. The van der Waals surface area contributed by atoms with Gasteiger partial charge in [-0.15, -0.1) is 0 Å². The summed E-state index contributed by atoms with van der Waals surface area (Å²) in [4.78, 5) is 10.6. The fourth-order valence-electron chi connectivity index (χ4n) is 0.884. The number of carbonyl (C=O) groups is 1. The third-order valence-electron chi connectivity index (χ3n) is 1.45. The fraction of sp³-hybridized carbons (Fsp3) is 0. The van der Waals surface area contributed by atoms with E-state index in [0.717, 1.165) is 0 Å². The Bertz CT molecular complexity index is 409. The van der Waals surface area contributed by atoms with Crippen molar-refractivity contribution in [2.75, 3.05) is 5.73 Å². The van der Waals surface area contributed by atoms with Crippen molar-refractivity contribution < 1.29 is 9.90 Å². The third kappa shape index (κ3) is 1.79. The van der Waals surface area contributed by atoms with Crippen molar-refractivity contribution in [1.82, 2.24) is 0 Å². The zero-order valence-electron chi connectivity index (χ0n) is 6.41. The Kier molecular flexibility index (Phi) is 2.54. The van der Waals surface area contributed by atoms with Crippen LogP contribution in [0.3, 0.4) is 0 Å². The summed E-state index contributed by atoms with van der Waals surface area (Å²) < 4.78 is 0.261. The summed E-state index contributed by atoms with van der Waals surface area (Å²) in [7, 11) is 0. The molecular weight excluding hydrogens is 236 g/mol. The number of aromatic carboxylic acids is 1. The van der Waals surface area contributed by atoms with E-state index in [9.17, 15) is 4.79 Å². The van der Waals surface area contributed by atoms with Crippen molar-refractivity contribution in [3.63, 3.8) is 0 Å². The molecule has 0 radical (unpaired) electrons. The van der Waals surface area contributed by atoms with Gasteiger partial charge >= 0.3 is 5.97 Å². The van der Waals surface area contributed by atoms with Crippen LogP contribution in [0.5, 0.6) is 0 Å². The maximum Gasteiger partial charge on any atom is 0.336 e. The molecule has 13 heavy (non-hydrogen) atoms. The number of hydrogen-bond acceptors (Lipinski definition) is 3. The molecule has 0 aliphatic carbocycles. The molecule has 0 fully saturated rings. The van der Waals surface area contributed by atoms with Crippen LogP contribution in [0, 0.1) is 11.3 Å². The van der Waals surface area contributed by atoms with Crippen LogP contribution in [0.15, 0.2) is 16.6 Å². The molecule has 66 valence electrons. The lowest BCUT2D eigenvalue weighted by molar-refractivity contribution is 0.0696. The minimum absolute atomic E-state index is 0.00319. The third-order valence-corrected chi connectivity index (χ3v) is 2.30. The Labute approximate surface area is 82.7 Å². The number of rotatable bonds is 1. The van der Waals surface area contributed by atoms with Crippen molar-refractivity contribution in [2.24, 2.45) is 0 Å². The van der Waals surface area contributed by atoms with Crippen LogP contribution in [0.4, 0.5) is 5.69 Å². The highest BCUT2D eigenvalue weighted by Gasteiger charge is 2.12. The molecule has 0 heterocycles. The van der Waals surface area contributed by atoms with Gasteiger partial charge in [-0.3, -0.25) is 0 Å². The summed E-state index contributed by atoms with van der Waals surface area (Å²) in [6, 6.07) is 4.55. The second-order valence-corrected chi connectivity index (χ2v) is 3.14. The topological polar surface area (TPSA) is 87.1 Å². The number of nitrogen functional groups attached to an aromatic ring is 1. The molecule has 3 N–H and O–H groups in total. The lowest BCUT2D eigenvalue weighted by Crippen LogP contribution is -2.01. The van der Waals surface area contributed by atoms with E-state index in [4.69, 9.17) is 16.1 Å². The van der Waals surface area contributed by atoms with Crippen LogP contribution in [0.2, 0.25) is 0 Å². The molecule has 0 aliphatic rings. The van der Waals surface area contributed by atoms with E-state index in [-0.39, 0.29) is 21.3 Å². The molecule has 4 nitrogen and oxygen atoms in total. The number of nitriles is 1. The first kappa shape index (κ1) is 9.55. The minimum atomic E-state index is -1.12. The Hall–Kier alpha value is -1.54. The zero-order valence-corrected chi connectivity index (χ0v) is 8.00. The summed E-state index contributed by atoms with van der Waals surface area (Å²) >= 11 is 3.02. The second-order valence-electron chi connectivity index (χ2n) is 2.35. The number of nitrogens with zero attached hydrogens (tertiary/aromatic N) is 1. The van der Waals surface area contributed by atoms with Crippen molar-refractivity contribution >= 4 is 27.6 Å². The number of carboxylic acids is 1. The molecule has 0 aliphatic heterocycles. The van der Waals surface area contributed by atoms with Gasteiger partial charge in [-0.1, -0.05) is 0 Å². The van der Waals surface area contributed by atoms with Crippen molar-refractivity contribution in [2.45, 2.75) is 0 Å². The van der Waals surface area contributed by atoms with E-state index in [1.165, 1.54) is 12.1 Å². The fourth-order valence-corrected chi connectivity index (χ4v) is 1.37. The van der Waals surface area contributed by atoms with Gasteiger partial charge in [-0.25, -0.2) is 4.79 Å². The number of hydrogen-bond donors (Lipinski definition) is 2. The lowest BCUT2D eigenvalue weighted by atomic mass is 10.1.